The number of carbonyl (C=O) groups is 2. The van der Waals surface area contributed by atoms with Gasteiger partial charge in [0.25, 0.3) is 0 Å². The van der Waals surface area contributed by atoms with Crippen molar-refractivity contribution in [1.82, 2.24) is 0 Å². The molecule has 0 amide bonds. The van der Waals surface area contributed by atoms with Crippen LogP contribution in [0.4, 0.5) is 0 Å². The number of benzene rings is 1. The molecule has 0 saturated heterocycles. The monoisotopic (exact) mass is 260 g/mol. The van der Waals surface area contributed by atoms with Crippen molar-refractivity contribution in [3.05, 3.63) is 33.8 Å². The molecule has 0 saturated carbocycles. The highest BCUT2D eigenvalue weighted by molar-refractivity contribution is 6.35. The number of hydrogen-bond donors (Lipinski definition) is 0. The third-order valence-electron chi connectivity index (χ3n) is 1.99. The molecule has 0 radical (unpaired) electrons. The number of carboxylic acids is 2. The molecule has 0 fully saturated rings. The smallest absolute Gasteiger partial charge is 0.0493 e. The van der Waals surface area contributed by atoms with Gasteiger partial charge in [-0.2, -0.15) is 0 Å². The number of halogens is 2. The molecular formula is C10H6Cl2O4-2. The summed E-state index contributed by atoms with van der Waals surface area (Å²) in [5.74, 6) is -4.34. The van der Waals surface area contributed by atoms with Crippen molar-refractivity contribution in [3.63, 3.8) is 0 Å². The summed E-state index contributed by atoms with van der Waals surface area (Å²) in [4.78, 5) is 21.2. The fourth-order valence-corrected chi connectivity index (χ4v) is 1.81. The van der Waals surface area contributed by atoms with Gasteiger partial charge in [0.05, 0.1) is 0 Å². The molecule has 1 rings (SSSR count). The molecule has 0 aliphatic rings. The molecule has 16 heavy (non-hydrogen) atoms. The molecule has 0 heterocycles. The maximum absolute atomic E-state index is 10.8. The maximum atomic E-state index is 10.8. The molecule has 0 aliphatic carbocycles. The Balaban J connectivity index is 3.10. The molecule has 0 bridgehead atoms. The lowest BCUT2D eigenvalue weighted by Gasteiger charge is -2.20. The van der Waals surface area contributed by atoms with Gasteiger partial charge in [-0.3, -0.25) is 0 Å². The zero-order valence-corrected chi connectivity index (χ0v) is 9.42. The number of carboxylic acid groups (broad SMARTS) is 2. The van der Waals surface area contributed by atoms with Crippen LogP contribution in [0.2, 0.25) is 10.0 Å². The molecule has 0 aliphatic heterocycles. The third-order valence-corrected chi connectivity index (χ3v) is 2.56. The number of aliphatic carboxylic acids is 2. The minimum absolute atomic E-state index is 0.0861. The van der Waals surface area contributed by atoms with Gasteiger partial charge in [0.2, 0.25) is 0 Å². The molecule has 1 aromatic rings. The average molecular weight is 261 g/mol. The predicted octanol–water partition coefficient (Wildman–Crippen LogP) is -0.0331. The van der Waals surface area contributed by atoms with Crippen LogP contribution in [0.5, 0.6) is 0 Å². The Morgan fingerprint density at radius 3 is 2.31 bits per heavy atom. The molecule has 1 aromatic carbocycles. The summed E-state index contributed by atoms with van der Waals surface area (Å²) in [6, 6.07) is 4.12. The van der Waals surface area contributed by atoms with Crippen LogP contribution in [0.25, 0.3) is 0 Å². The van der Waals surface area contributed by atoms with E-state index in [-0.39, 0.29) is 10.6 Å². The molecule has 4 nitrogen and oxygen atoms in total. The lowest BCUT2D eigenvalue weighted by atomic mass is 9.96. The van der Waals surface area contributed by atoms with E-state index >= 15 is 0 Å². The quantitative estimate of drug-likeness (QED) is 0.762. The van der Waals surface area contributed by atoms with Gasteiger partial charge < -0.3 is 19.8 Å². The molecule has 0 unspecified atom stereocenters. The van der Waals surface area contributed by atoms with E-state index in [4.69, 9.17) is 23.2 Å². The molecule has 0 N–H and O–H groups in total. The van der Waals surface area contributed by atoms with Gasteiger partial charge in [-0.15, -0.1) is 0 Å². The van der Waals surface area contributed by atoms with E-state index in [1.54, 1.807) is 0 Å². The van der Waals surface area contributed by atoms with Crippen molar-refractivity contribution in [2.24, 2.45) is 0 Å². The summed E-state index contributed by atoms with van der Waals surface area (Å²) in [6.45, 7) is 0. The second kappa shape index (κ2) is 5.18. The first-order valence-corrected chi connectivity index (χ1v) is 5.03. The molecule has 0 spiro atoms. The van der Waals surface area contributed by atoms with Gasteiger partial charge in [-0.25, -0.2) is 0 Å². The topological polar surface area (TPSA) is 80.3 Å². The summed E-state index contributed by atoms with van der Waals surface area (Å²) in [7, 11) is 0. The van der Waals surface area contributed by atoms with Gasteiger partial charge in [0, 0.05) is 27.9 Å². The van der Waals surface area contributed by atoms with Gasteiger partial charge in [-0.1, -0.05) is 29.3 Å². The Hall–Kier alpha value is -1.26. The summed E-state index contributed by atoms with van der Waals surface area (Å²) in [5.41, 5.74) is 0.148. The SMILES string of the molecule is O=C([O-])C[C@@H](C(=O)[O-])c1ccc(Cl)cc1Cl. The first-order valence-electron chi connectivity index (χ1n) is 4.27. The second-order valence-electron chi connectivity index (χ2n) is 3.11. The zero-order chi connectivity index (χ0) is 12.3. The third kappa shape index (κ3) is 3.12. The van der Waals surface area contributed by atoms with E-state index in [2.05, 4.69) is 0 Å². The molecule has 1 atom stereocenters. The Labute approximate surface area is 101 Å². The minimum Gasteiger partial charge on any atom is -0.550 e. The van der Waals surface area contributed by atoms with Crippen LogP contribution < -0.4 is 10.2 Å². The number of rotatable bonds is 4. The minimum atomic E-state index is -1.52. The van der Waals surface area contributed by atoms with Gasteiger partial charge in [-0.05, 0) is 24.1 Å². The predicted molar refractivity (Wildman–Crippen MR) is 53.8 cm³/mol. The van der Waals surface area contributed by atoms with Gasteiger partial charge in [0.1, 0.15) is 0 Å². The Bertz CT molecular complexity index is 431. The van der Waals surface area contributed by atoms with E-state index < -0.39 is 24.3 Å². The van der Waals surface area contributed by atoms with Crippen LogP contribution in [0, 0.1) is 0 Å². The lowest BCUT2D eigenvalue weighted by molar-refractivity contribution is -0.317. The Morgan fingerprint density at radius 1 is 1.25 bits per heavy atom. The van der Waals surface area contributed by atoms with Gasteiger partial charge >= 0.3 is 0 Å². The van der Waals surface area contributed by atoms with Crippen LogP contribution in [0.1, 0.15) is 17.9 Å². The normalized spacial score (nSPS) is 12.1. The van der Waals surface area contributed by atoms with Crippen LogP contribution in [-0.4, -0.2) is 11.9 Å². The average Bonchev–Trinajstić information content (AvgIpc) is 2.14. The van der Waals surface area contributed by atoms with Crippen LogP contribution in [-0.2, 0) is 9.59 Å². The largest absolute Gasteiger partial charge is 0.550 e. The van der Waals surface area contributed by atoms with Crippen molar-refractivity contribution in [1.29, 1.82) is 0 Å². The number of hydrogen-bond acceptors (Lipinski definition) is 4. The van der Waals surface area contributed by atoms with Crippen molar-refractivity contribution >= 4 is 35.1 Å². The van der Waals surface area contributed by atoms with E-state index in [1.165, 1.54) is 18.2 Å². The van der Waals surface area contributed by atoms with E-state index in [0.717, 1.165) is 0 Å². The molecule has 86 valence electrons. The Morgan fingerprint density at radius 2 is 1.88 bits per heavy atom. The highest BCUT2D eigenvalue weighted by Gasteiger charge is 2.16. The van der Waals surface area contributed by atoms with E-state index in [1.807, 2.05) is 0 Å². The van der Waals surface area contributed by atoms with Crippen LogP contribution >= 0.6 is 23.2 Å². The number of carbonyl (C=O) groups excluding carboxylic acids is 2. The van der Waals surface area contributed by atoms with Crippen molar-refractivity contribution in [2.45, 2.75) is 12.3 Å². The molecule has 6 heteroatoms. The van der Waals surface area contributed by atoms with Crippen molar-refractivity contribution < 1.29 is 19.8 Å². The standard InChI is InChI=1S/C10H8Cl2O4/c11-5-1-2-6(8(12)3-5)7(10(15)16)4-9(13)14/h1-3,7H,4H2,(H,13,14)(H,15,16)/p-2/t7-/m1/s1. The van der Waals surface area contributed by atoms with Crippen LogP contribution in [0.15, 0.2) is 18.2 Å². The molecule has 0 aromatic heterocycles. The summed E-state index contributed by atoms with van der Waals surface area (Å²) in [6.07, 6.45) is -0.691. The maximum Gasteiger partial charge on any atom is 0.0493 e. The van der Waals surface area contributed by atoms with E-state index in [0.29, 0.717) is 5.02 Å². The summed E-state index contributed by atoms with van der Waals surface area (Å²) in [5, 5.41) is 21.6. The Kier molecular flexibility index (Phi) is 4.15. The van der Waals surface area contributed by atoms with Crippen LogP contribution in [0.3, 0.4) is 0 Å². The zero-order valence-electron chi connectivity index (χ0n) is 7.91. The first-order chi connectivity index (χ1) is 7.41. The fourth-order valence-electron chi connectivity index (χ4n) is 1.27. The second-order valence-corrected chi connectivity index (χ2v) is 3.96. The lowest BCUT2D eigenvalue weighted by Crippen LogP contribution is -2.35. The van der Waals surface area contributed by atoms with Crippen molar-refractivity contribution in [2.75, 3.05) is 0 Å². The first kappa shape index (κ1) is 12.8. The highest BCUT2D eigenvalue weighted by Crippen LogP contribution is 2.29. The fraction of sp³-hybridized carbons (Fsp3) is 0.200. The molecular weight excluding hydrogens is 255 g/mol. The summed E-state index contributed by atoms with van der Waals surface area (Å²) < 4.78 is 0. The van der Waals surface area contributed by atoms with Crippen molar-refractivity contribution in [3.8, 4) is 0 Å². The highest BCUT2D eigenvalue weighted by atomic mass is 35.5. The van der Waals surface area contributed by atoms with E-state index in [9.17, 15) is 19.8 Å². The van der Waals surface area contributed by atoms with Gasteiger partial charge in [0.15, 0.2) is 0 Å². The summed E-state index contributed by atoms with van der Waals surface area (Å²) >= 11 is 11.4.